The van der Waals surface area contributed by atoms with Crippen LogP contribution in [0.5, 0.6) is 0 Å². The number of nitro groups is 1. The zero-order valence-electron chi connectivity index (χ0n) is 7.25. The lowest BCUT2D eigenvalue weighted by molar-refractivity contribution is -0.385. The van der Waals surface area contributed by atoms with E-state index in [0.29, 0.717) is 5.69 Å². The summed E-state index contributed by atoms with van der Waals surface area (Å²) in [5, 5.41) is 18.8. The van der Waals surface area contributed by atoms with Gasteiger partial charge in [0.1, 0.15) is 0 Å². The molecule has 0 radical (unpaired) electrons. The highest BCUT2D eigenvalue weighted by Crippen LogP contribution is 2.16. The van der Waals surface area contributed by atoms with Crippen molar-refractivity contribution in [3.8, 4) is 6.07 Å². The van der Waals surface area contributed by atoms with Crippen LogP contribution in [-0.2, 0) is 0 Å². The van der Waals surface area contributed by atoms with Crippen molar-refractivity contribution < 1.29 is 4.92 Å². The number of aromatic nitrogens is 1. The fraction of sp³-hybridized carbons (Fsp3) is 0.250. The highest BCUT2D eigenvalue weighted by Gasteiger charge is 2.11. The zero-order valence-corrected chi connectivity index (χ0v) is 7.25. The first-order valence-electron chi connectivity index (χ1n) is 3.88. The van der Waals surface area contributed by atoms with Gasteiger partial charge in [-0.25, -0.2) is 0 Å². The molecule has 0 spiro atoms. The first-order chi connectivity index (χ1) is 6.65. The van der Waals surface area contributed by atoms with E-state index in [2.05, 4.69) is 4.98 Å². The van der Waals surface area contributed by atoms with Crippen molar-refractivity contribution in [1.29, 1.82) is 5.26 Å². The van der Waals surface area contributed by atoms with Crippen LogP contribution < -0.4 is 5.73 Å². The number of nitrogens with zero attached hydrogens (tertiary/aromatic N) is 3. The van der Waals surface area contributed by atoms with E-state index in [9.17, 15) is 10.1 Å². The Morgan fingerprint density at radius 3 is 3.07 bits per heavy atom. The van der Waals surface area contributed by atoms with Gasteiger partial charge < -0.3 is 5.73 Å². The molecular weight excluding hydrogens is 184 g/mol. The van der Waals surface area contributed by atoms with Crippen LogP contribution in [0.25, 0.3) is 0 Å². The summed E-state index contributed by atoms with van der Waals surface area (Å²) in [5.41, 5.74) is 5.86. The smallest absolute Gasteiger partial charge is 0.272 e. The van der Waals surface area contributed by atoms with Gasteiger partial charge in [-0.3, -0.25) is 15.1 Å². The molecule has 6 heteroatoms. The summed E-state index contributed by atoms with van der Waals surface area (Å²) in [4.78, 5) is 13.7. The van der Waals surface area contributed by atoms with E-state index in [1.165, 1.54) is 18.3 Å². The molecule has 0 aromatic carbocycles. The summed E-state index contributed by atoms with van der Waals surface area (Å²) in [5.74, 6) is 0. The first kappa shape index (κ1) is 10.1. The van der Waals surface area contributed by atoms with E-state index in [0.717, 1.165) is 0 Å². The van der Waals surface area contributed by atoms with Crippen molar-refractivity contribution in [3.63, 3.8) is 0 Å². The Balaban J connectivity index is 2.94. The molecular formula is C8H8N4O2. The van der Waals surface area contributed by atoms with Crippen LogP contribution in [0.1, 0.15) is 18.2 Å². The highest BCUT2D eigenvalue weighted by molar-refractivity contribution is 5.31. The standard InChI is InChI=1S/C8H8N4O2/c9-3-1-7(10)8-5-6(12(13)14)2-4-11-8/h2,4-5,7H,1,10H2. The molecule has 0 fully saturated rings. The third kappa shape index (κ3) is 2.24. The molecule has 0 bridgehead atoms. The molecule has 0 saturated carbocycles. The Morgan fingerprint density at radius 1 is 1.79 bits per heavy atom. The monoisotopic (exact) mass is 192 g/mol. The molecule has 0 amide bonds. The fourth-order valence-corrected chi connectivity index (χ4v) is 0.956. The van der Waals surface area contributed by atoms with Gasteiger partial charge in [0, 0.05) is 18.3 Å². The molecule has 14 heavy (non-hydrogen) atoms. The van der Waals surface area contributed by atoms with E-state index < -0.39 is 11.0 Å². The SMILES string of the molecule is N#CCC(N)c1cc([N+](=O)[O-])ccn1. The molecule has 1 aromatic rings. The van der Waals surface area contributed by atoms with Crippen molar-refractivity contribution >= 4 is 5.69 Å². The van der Waals surface area contributed by atoms with Gasteiger partial charge >= 0.3 is 0 Å². The zero-order chi connectivity index (χ0) is 10.6. The Hall–Kier alpha value is -2.00. The Labute approximate surface area is 80.1 Å². The molecule has 2 N–H and O–H groups in total. The number of pyridine rings is 1. The van der Waals surface area contributed by atoms with E-state index in [-0.39, 0.29) is 12.1 Å². The lowest BCUT2D eigenvalue weighted by Gasteiger charge is -2.05. The fourth-order valence-electron chi connectivity index (χ4n) is 0.956. The van der Waals surface area contributed by atoms with Crippen LogP contribution in [0.15, 0.2) is 18.3 Å². The number of rotatable bonds is 3. The molecule has 0 saturated heterocycles. The predicted molar refractivity (Wildman–Crippen MR) is 48.0 cm³/mol. The molecule has 0 aliphatic heterocycles. The minimum atomic E-state index is -0.570. The normalized spacial score (nSPS) is 11.7. The molecule has 72 valence electrons. The second-order valence-corrected chi connectivity index (χ2v) is 2.66. The number of hydrogen-bond donors (Lipinski definition) is 1. The van der Waals surface area contributed by atoms with Crippen LogP contribution in [0.3, 0.4) is 0 Å². The lowest BCUT2D eigenvalue weighted by atomic mass is 10.1. The van der Waals surface area contributed by atoms with Gasteiger partial charge in [-0.1, -0.05) is 0 Å². The van der Waals surface area contributed by atoms with Crippen molar-refractivity contribution in [2.75, 3.05) is 0 Å². The highest BCUT2D eigenvalue weighted by atomic mass is 16.6. The largest absolute Gasteiger partial charge is 0.322 e. The molecule has 6 nitrogen and oxygen atoms in total. The third-order valence-corrected chi connectivity index (χ3v) is 1.67. The molecule has 1 heterocycles. The molecule has 0 aliphatic carbocycles. The van der Waals surface area contributed by atoms with Crippen molar-refractivity contribution in [2.24, 2.45) is 5.73 Å². The maximum absolute atomic E-state index is 10.4. The summed E-state index contributed by atoms with van der Waals surface area (Å²) in [6.07, 6.45) is 1.40. The van der Waals surface area contributed by atoms with Gasteiger partial charge in [-0.05, 0) is 0 Å². The van der Waals surface area contributed by atoms with Crippen LogP contribution in [0, 0.1) is 21.4 Å². The average molecular weight is 192 g/mol. The first-order valence-corrected chi connectivity index (χ1v) is 3.88. The second kappa shape index (κ2) is 4.30. The van der Waals surface area contributed by atoms with E-state index in [1.54, 1.807) is 0 Å². The molecule has 1 unspecified atom stereocenters. The van der Waals surface area contributed by atoms with Gasteiger partial charge in [-0.2, -0.15) is 5.26 Å². The van der Waals surface area contributed by atoms with Gasteiger partial charge in [0.05, 0.1) is 29.1 Å². The predicted octanol–water partition coefficient (Wildman–Crippen LogP) is 0.903. The molecule has 0 aliphatic rings. The Morgan fingerprint density at radius 2 is 2.50 bits per heavy atom. The maximum Gasteiger partial charge on any atom is 0.272 e. The number of hydrogen-bond acceptors (Lipinski definition) is 5. The average Bonchev–Trinajstić information content (AvgIpc) is 2.18. The minimum Gasteiger partial charge on any atom is -0.322 e. The Bertz CT molecular complexity index is 385. The summed E-state index contributed by atoms with van der Waals surface area (Å²) in [7, 11) is 0. The van der Waals surface area contributed by atoms with Crippen LogP contribution in [-0.4, -0.2) is 9.91 Å². The van der Waals surface area contributed by atoms with Gasteiger partial charge in [0.25, 0.3) is 5.69 Å². The summed E-state index contributed by atoms with van der Waals surface area (Å²) < 4.78 is 0. The van der Waals surface area contributed by atoms with Gasteiger partial charge in [0.15, 0.2) is 0 Å². The number of nitrogens with two attached hydrogens (primary N) is 1. The van der Waals surface area contributed by atoms with Crippen LogP contribution in [0.2, 0.25) is 0 Å². The topological polar surface area (TPSA) is 106 Å². The van der Waals surface area contributed by atoms with Crippen LogP contribution >= 0.6 is 0 Å². The van der Waals surface area contributed by atoms with E-state index in [4.69, 9.17) is 11.0 Å². The van der Waals surface area contributed by atoms with E-state index >= 15 is 0 Å². The van der Waals surface area contributed by atoms with Gasteiger partial charge in [-0.15, -0.1) is 0 Å². The second-order valence-electron chi connectivity index (χ2n) is 2.66. The molecule has 1 rings (SSSR count). The Kier molecular flexibility index (Phi) is 3.09. The third-order valence-electron chi connectivity index (χ3n) is 1.67. The molecule has 1 atom stereocenters. The molecule has 1 aromatic heterocycles. The van der Waals surface area contributed by atoms with E-state index in [1.807, 2.05) is 6.07 Å². The quantitative estimate of drug-likeness (QED) is 0.565. The minimum absolute atomic E-state index is 0.0663. The van der Waals surface area contributed by atoms with Crippen molar-refractivity contribution in [2.45, 2.75) is 12.5 Å². The summed E-state index contributed by atoms with van der Waals surface area (Å²) in [6, 6.07) is 3.87. The summed E-state index contributed by atoms with van der Waals surface area (Å²) >= 11 is 0. The van der Waals surface area contributed by atoms with Gasteiger partial charge in [0.2, 0.25) is 0 Å². The van der Waals surface area contributed by atoms with Crippen molar-refractivity contribution in [3.05, 3.63) is 34.1 Å². The van der Waals surface area contributed by atoms with Crippen LogP contribution in [0.4, 0.5) is 5.69 Å². The number of nitriles is 1. The summed E-state index contributed by atoms with van der Waals surface area (Å²) in [6.45, 7) is 0. The van der Waals surface area contributed by atoms with Crippen molar-refractivity contribution in [1.82, 2.24) is 4.98 Å². The lowest BCUT2D eigenvalue weighted by Crippen LogP contribution is -2.11. The maximum atomic E-state index is 10.4.